The maximum absolute atomic E-state index is 13.8. The number of amides is 2. The second kappa shape index (κ2) is 9.42. The molecule has 6 rings (SSSR count). The summed E-state index contributed by atoms with van der Waals surface area (Å²) in [6.45, 7) is 2.30. The van der Waals surface area contributed by atoms with Gasteiger partial charge in [-0.2, -0.15) is 0 Å². The first kappa shape index (κ1) is 24.9. The van der Waals surface area contributed by atoms with Crippen LogP contribution in [0.3, 0.4) is 0 Å². The van der Waals surface area contributed by atoms with E-state index in [2.05, 4.69) is 10.3 Å². The minimum absolute atomic E-state index is 0.0723. The Morgan fingerprint density at radius 3 is 2.65 bits per heavy atom. The first-order chi connectivity index (χ1) is 17.7. The van der Waals surface area contributed by atoms with E-state index in [1.807, 2.05) is 0 Å². The van der Waals surface area contributed by atoms with Gasteiger partial charge in [0, 0.05) is 41.2 Å². The number of aromatic amines is 1. The first-order valence-electron chi connectivity index (χ1n) is 13.4. The van der Waals surface area contributed by atoms with E-state index in [4.69, 9.17) is 23.2 Å². The number of hydrogen-bond acceptors (Lipinski definition) is 4. The van der Waals surface area contributed by atoms with Crippen LogP contribution in [0.15, 0.2) is 18.2 Å². The smallest absolute Gasteiger partial charge is 0.271 e. The molecule has 4 aliphatic rings. The van der Waals surface area contributed by atoms with Gasteiger partial charge in [-0.05, 0) is 74.0 Å². The van der Waals surface area contributed by atoms with E-state index in [0.717, 1.165) is 19.3 Å². The van der Waals surface area contributed by atoms with Gasteiger partial charge in [0.15, 0.2) is 5.78 Å². The lowest BCUT2D eigenvalue weighted by Crippen LogP contribution is -2.53. The molecule has 1 saturated heterocycles. The molecule has 3 saturated carbocycles. The zero-order valence-electron chi connectivity index (χ0n) is 20.8. The lowest BCUT2D eigenvalue weighted by atomic mass is 9.88. The van der Waals surface area contributed by atoms with Gasteiger partial charge in [0.05, 0.1) is 11.1 Å². The van der Waals surface area contributed by atoms with Crippen molar-refractivity contribution in [3.63, 3.8) is 0 Å². The second-order valence-corrected chi connectivity index (χ2v) is 12.2. The van der Waals surface area contributed by atoms with Crippen molar-refractivity contribution in [2.24, 2.45) is 29.6 Å². The topological polar surface area (TPSA) is 99.3 Å². The van der Waals surface area contributed by atoms with Gasteiger partial charge in [-0.1, -0.05) is 30.1 Å². The predicted molar refractivity (Wildman–Crippen MR) is 141 cm³/mol. The number of ketones is 2. The van der Waals surface area contributed by atoms with Gasteiger partial charge < -0.3 is 15.2 Å². The van der Waals surface area contributed by atoms with Crippen molar-refractivity contribution < 1.29 is 19.2 Å². The van der Waals surface area contributed by atoms with Crippen LogP contribution < -0.4 is 5.32 Å². The highest BCUT2D eigenvalue weighted by Crippen LogP contribution is 2.62. The fourth-order valence-electron chi connectivity index (χ4n) is 7.29. The molecule has 37 heavy (non-hydrogen) atoms. The molecule has 0 radical (unpaired) electrons. The molecule has 196 valence electrons. The molecule has 4 fully saturated rings. The van der Waals surface area contributed by atoms with E-state index in [-0.39, 0.29) is 41.6 Å². The molecular weight excluding hydrogens is 513 g/mol. The SMILES string of the molecule is CCC(=O)[C@H](C[C@@H]1CCCC1=O)NC(=O)[C@@H]1[C@H]2C[C@@H]3C[C@@H]3[C@H]2CN1C(=O)c1cc2c(Cl)cc(Cl)cc2[nH]1. The molecule has 0 unspecified atom stereocenters. The lowest BCUT2D eigenvalue weighted by molar-refractivity contribution is -0.132. The molecule has 2 heterocycles. The van der Waals surface area contributed by atoms with Crippen LogP contribution in [0.25, 0.3) is 10.9 Å². The number of H-pyrrole nitrogens is 1. The third kappa shape index (κ3) is 4.38. The Kier molecular flexibility index (Phi) is 6.35. The summed E-state index contributed by atoms with van der Waals surface area (Å²) in [6, 6.07) is 3.74. The summed E-state index contributed by atoms with van der Waals surface area (Å²) in [5.74, 6) is 0.975. The average Bonchev–Trinajstić information content (AvgIpc) is 3.22. The van der Waals surface area contributed by atoms with Crippen molar-refractivity contribution in [2.45, 2.75) is 64.0 Å². The van der Waals surface area contributed by atoms with Crippen molar-refractivity contribution in [1.29, 1.82) is 0 Å². The molecule has 2 aromatic rings. The molecule has 1 aromatic carbocycles. The Labute approximate surface area is 225 Å². The van der Waals surface area contributed by atoms with E-state index in [1.54, 1.807) is 30.0 Å². The van der Waals surface area contributed by atoms with Gasteiger partial charge >= 0.3 is 0 Å². The van der Waals surface area contributed by atoms with E-state index in [9.17, 15) is 19.2 Å². The molecular formula is C28H31Cl2N3O4. The standard InChI is InChI=1S/C28H31Cl2N3O4/c1-2-24(34)22(8-13-4-3-5-25(13)35)32-27(36)26-17-7-14-6-16(14)19(17)12-33(26)28(37)23-11-18-20(30)9-15(29)10-21(18)31-23/h9-11,13-14,16-17,19,22,26,31H,2-8,12H2,1H3,(H,32,36)/t13-,14-,16-,17-,19+,22-,26-/m0/s1. The molecule has 1 aromatic heterocycles. The molecule has 3 aliphatic carbocycles. The Morgan fingerprint density at radius 1 is 1.14 bits per heavy atom. The third-order valence-corrected chi connectivity index (χ3v) is 9.75. The highest BCUT2D eigenvalue weighted by Gasteiger charge is 2.62. The van der Waals surface area contributed by atoms with E-state index < -0.39 is 12.1 Å². The first-order valence-corrected chi connectivity index (χ1v) is 14.1. The van der Waals surface area contributed by atoms with Crippen LogP contribution in [0.4, 0.5) is 0 Å². The van der Waals surface area contributed by atoms with Crippen molar-refractivity contribution in [3.05, 3.63) is 33.9 Å². The van der Waals surface area contributed by atoms with Gasteiger partial charge in [-0.25, -0.2) is 0 Å². The number of aromatic nitrogens is 1. The Balaban J connectivity index is 1.27. The van der Waals surface area contributed by atoms with Crippen LogP contribution in [0.1, 0.15) is 62.4 Å². The number of carbonyl (C=O) groups excluding carboxylic acids is 4. The number of halogens is 2. The van der Waals surface area contributed by atoms with Crippen LogP contribution in [0.2, 0.25) is 10.0 Å². The third-order valence-electron chi connectivity index (χ3n) is 9.22. The summed E-state index contributed by atoms with van der Waals surface area (Å²) in [7, 11) is 0. The monoisotopic (exact) mass is 543 g/mol. The van der Waals surface area contributed by atoms with E-state index >= 15 is 0 Å². The number of hydrogen-bond donors (Lipinski definition) is 2. The fraction of sp³-hybridized carbons (Fsp3) is 0.571. The number of fused-ring (bicyclic) bond motifs is 4. The van der Waals surface area contributed by atoms with Crippen LogP contribution in [0, 0.1) is 29.6 Å². The van der Waals surface area contributed by atoms with Crippen LogP contribution in [-0.2, 0) is 14.4 Å². The normalized spacial score (nSPS) is 30.9. The highest BCUT2D eigenvalue weighted by atomic mass is 35.5. The fourth-order valence-corrected chi connectivity index (χ4v) is 7.83. The van der Waals surface area contributed by atoms with Crippen molar-refractivity contribution >= 4 is 57.5 Å². The van der Waals surface area contributed by atoms with Crippen LogP contribution in [-0.4, -0.2) is 51.9 Å². The lowest BCUT2D eigenvalue weighted by Gasteiger charge is -2.29. The van der Waals surface area contributed by atoms with Crippen LogP contribution >= 0.6 is 23.2 Å². The molecule has 1 aliphatic heterocycles. The second-order valence-electron chi connectivity index (χ2n) is 11.3. The van der Waals surface area contributed by atoms with Gasteiger partial charge in [0.2, 0.25) is 5.91 Å². The zero-order chi connectivity index (χ0) is 26.0. The summed E-state index contributed by atoms with van der Waals surface area (Å²) in [5, 5.41) is 4.62. The van der Waals surface area contributed by atoms with Crippen molar-refractivity contribution in [1.82, 2.24) is 15.2 Å². The number of carbonyl (C=O) groups is 4. The molecule has 0 bridgehead atoms. The summed E-state index contributed by atoms with van der Waals surface area (Å²) in [5.41, 5.74) is 1.03. The van der Waals surface area contributed by atoms with Crippen molar-refractivity contribution in [2.75, 3.05) is 6.54 Å². The molecule has 0 spiro atoms. The highest BCUT2D eigenvalue weighted by molar-refractivity contribution is 6.38. The van der Waals surface area contributed by atoms with Gasteiger partial charge in [0.25, 0.3) is 5.91 Å². The number of likely N-dealkylation sites (tertiary alicyclic amines) is 1. The predicted octanol–water partition coefficient (Wildman–Crippen LogP) is 4.79. The molecule has 7 atom stereocenters. The van der Waals surface area contributed by atoms with Gasteiger partial charge in [0.1, 0.15) is 17.5 Å². The molecule has 9 heteroatoms. The Hall–Kier alpha value is -2.38. The minimum atomic E-state index is -0.703. The number of Topliss-reactive ketones (excluding diaryl/α,β-unsaturated/α-hetero) is 2. The summed E-state index contributed by atoms with van der Waals surface area (Å²) >= 11 is 12.5. The average molecular weight is 544 g/mol. The summed E-state index contributed by atoms with van der Waals surface area (Å²) in [4.78, 5) is 57.5. The maximum atomic E-state index is 13.8. The molecule has 7 nitrogen and oxygen atoms in total. The molecule has 2 N–H and O–H groups in total. The van der Waals surface area contributed by atoms with Gasteiger partial charge in [-0.3, -0.25) is 19.2 Å². The minimum Gasteiger partial charge on any atom is -0.350 e. The van der Waals surface area contributed by atoms with E-state index in [1.165, 1.54) is 6.42 Å². The summed E-state index contributed by atoms with van der Waals surface area (Å²) in [6.07, 6.45) is 4.87. The number of benzene rings is 1. The summed E-state index contributed by atoms with van der Waals surface area (Å²) < 4.78 is 0. The van der Waals surface area contributed by atoms with E-state index in [0.29, 0.717) is 63.8 Å². The number of rotatable bonds is 7. The Bertz CT molecular complexity index is 1310. The number of nitrogens with one attached hydrogen (secondary N) is 2. The number of nitrogens with zero attached hydrogens (tertiary/aromatic N) is 1. The molecule has 2 amide bonds. The van der Waals surface area contributed by atoms with Crippen LogP contribution in [0.5, 0.6) is 0 Å². The largest absolute Gasteiger partial charge is 0.350 e. The maximum Gasteiger partial charge on any atom is 0.271 e. The Morgan fingerprint density at radius 2 is 1.92 bits per heavy atom. The quantitative estimate of drug-likeness (QED) is 0.524. The van der Waals surface area contributed by atoms with Crippen molar-refractivity contribution in [3.8, 4) is 0 Å². The zero-order valence-corrected chi connectivity index (χ0v) is 22.3. The van der Waals surface area contributed by atoms with Gasteiger partial charge in [-0.15, -0.1) is 0 Å².